The molecule has 1 aromatic carbocycles. The third kappa shape index (κ3) is 3.35. The third-order valence-electron chi connectivity index (χ3n) is 3.45. The molecule has 0 amide bonds. The molecule has 1 atom stereocenters. The molecule has 1 N–H and O–H groups in total. The van der Waals surface area contributed by atoms with Crippen molar-refractivity contribution in [3.05, 3.63) is 28.8 Å². The fraction of sp³-hybridized carbons (Fsp3) is 0.556. The minimum Gasteiger partial charge on any atom is -0.496 e. The summed E-state index contributed by atoms with van der Waals surface area (Å²) in [6, 6.07) is 4.12. The molecule has 0 aliphatic carbocycles. The van der Waals surface area contributed by atoms with Crippen LogP contribution < -0.4 is 4.74 Å². The summed E-state index contributed by atoms with van der Waals surface area (Å²) in [4.78, 5) is 0. The van der Waals surface area contributed by atoms with Crippen molar-refractivity contribution in [3.8, 4) is 18.1 Å². The van der Waals surface area contributed by atoms with Crippen LogP contribution in [0.2, 0.25) is 0 Å². The highest BCUT2D eigenvalue weighted by Crippen LogP contribution is 2.40. The highest BCUT2D eigenvalue weighted by atomic mass is 16.5. The topological polar surface area (TPSA) is 29.5 Å². The van der Waals surface area contributed by atoms with Gasteiger partial charge in [0.05, 0.1) is 7.11 Å². The first kappa shape index (κ1) is 16.6. The van der Waals surface area contributed by atoms with Gasteiger partial charge in [-0.25, -0.2) is 0 Å². The number of methoxy groups -OCH3 is 1. The van der Waals surface area contributed by atoms with Gasteiger partial charge < -0.3 is 9.84 Å². The molecule has 0 bridgehead atoms. The Hall–Kier alpha value is -1.46. The molecule has 0 spiro atoms. The summed E-state index contributed by atoms with van der Waals surface area (Å²) in [6.45, 7) is 12.8. The number of rotatable bonds is 2. The summed E-state index contributed by atoms with van der Waals surface area (Å²) in [7, 11) is 1.62. The fourth-order valence-electron chi connectivity index (χ4n) is 2.16. The fourth-order valence-corrected chi connectivity index (χ4v) is 2.16. The first-order valence-electron chi connectivity index (χ1n) is 6.89. The van der Waals surface area contributed by atoms with E-state index in [0.717, 1.165) is 11.1 Å². The lowest BCUT2D eigenvalue weighted by Gasteiger charge is -2.29. The van der Waals surface area contributed by atoms with Crippen LogP contribution in [0.1, 0.15) is 64.3 Å². The van der Waals surface area contributed by atoms with Gasteiger partial charge in [-0.15, -0.1) is 6.42 Å². The zero-order valence-electron chi connectivity index (χ0n) is 13.7. The van der Waals surface area contributed by atoms with Gasteiger partial charge in [0.25, 0.3) is 0 Å². The molecule has 0 aromatic heterocycles. The highest BCUT2D eigenvalue weighted by molar-refractivity contribution is 5.51. The highest BCUT2D eigenvalue weighted by Gasteiger charge is 2.27. The summed E-state index contributed by atoms with van der Waals surface area (Å²) >= 11 is 0. The van der Waals surface area contributed by atoms with Crippen molar-refractivity contribution in [2.75, 3.05) is 7.11 Å². The third-order valence-corrected chi connectivity index (χ3v) is 3.45. The molecule has 2 heteroatoms. The standard InChI is InChI=1S/C18H26O2/c1-9-15(19)13-10-12(17(2,3)4)11-14(16(13)20-8)18(5,6)7/h1,10-11,15,19H,2-8H3. The number of ether oxygens (including phenoxy) is 1. The van der Waals surface area contributed by atoms with Crippen LogP contribution in [0.5, 0.6) is 5.75 Å². The normalized spacial score (nSPS) is 13.8. The smallest absolute Gasteiger partial charge is 0.143 e. The van der Waals surface area contributed by atoms with E-state index in [4.69, 9.17) is 11.2 Å². The van der Waals surface area contributed by atoms with Gasteiger partial charge >= 0.3 is 0 Å². The SMILES string of the molecule is C#CC(O)c1cc(C(C)(C)C)cc(C(C)(C)C)c1OC. The molecular formula is C18H26O2. The number of hydrogen-bond acceptors (Lipinski definition) is 2. The second-order valence-electron chi connectivity index (χ2n) is 7.22. The van der Waals surface area contributed by atoms with Gasteiger partial charge in [0.2, 0.25) is 0 Å². The minimum absolute atomic E-state index is 0.0185. The molecule has 1 unspecified atom stereocenters. The van der Waals surface area contributed by atoms with Gasteiger partial charge in [0.1, 0.15) is 11.9 Å². The van der Waals surface area contributed by atoms with E-state index in [9.17, 15) is 5.11 Å². The number of terminal acetylenes is 1. The molecular weight excluding hydrogens is 248 g/mol. The Morgan fingerprint density at radius 3 is 2.00 bits per heavy atom. The van der Waals surface area contributed by atoms with Crippen molar-refractivity contribution in [2.24, 2.45) is 0 Å². The van der Waals surface area contributed by atoms with E-state index in [2.05, 4.69) is 53.5 Å². The van der Waals surface area contributed by atoms with Crippen molar-refractivity contribution < 1.29 is 9.84 Å². The maximum Gasteiger partial charge on any atom is 0.143 e. The molecule has 2 nitrogen and oxygen atoms in total. The van der Waals surface area contributed by atoms with E-state index >= 15 is 0 Å². The van der Waals surface area contributed by atoms with E-state index in [1.807, 2.05) is 6.07 Å². The predicted octanol–water partition coefficient (Wildman–Crippen LogP) is 3.96. The number of aliphatic hydroxyl groups excluding tert-OH is 1. The molecule has 20 heavy (non-hydrogen) atoms. The second kappa shape index (κ2) is 5.50. The molecule has 0 saturated heterocycles. The Balaban J connectivity index is 3.71. The van der Waals surface area contributed by atoms with E-state index in [1.165, 1.54) is 0 Å². The summed E-state index contributed by atoms with van der Waals surface area (Å²) in [5.74, 6) is 3.08. The van der Waals surface area contributed by atoms with Gasteiger partial charge in [-0.05, 0) is 22.5 Å². The first-order chi connectivity index (χ1) is 9.02. The van der Waals surface area contributed by atoms with Crippen molar-refractivity contribution in [1.29, 1.82) is 0 Å². The van der Waals surface area contributed by atoms with Gasteiger partial charge in [0.15, 0.2) is 0 Å². The summed E-state index contributed by atoms with van der Waals surface area (Å²) in [5, 5.41) is 10.1. The van der Waals surface area contributed by atoms with Gasteiger partial charge in [-0.2, -0.15) is 0 Å². The largest absolute Gasteiger partial charge is 0.496 e. The average molecular weight is 274 g/mol. The van der Waals surface area contributed by atoms with Crippen LogP contribution in [0.4, 0.5) is 0 Å². The molecule has 1 aromatic rings. The lowest BCUT2D eigenvalue weighted by atomic mass is 9.78. The van der Waals surface area contributed by atoms with Gasteiger partial charge in [-0.3, -0.25) is 0 Å². The molecule has 0 aliphatic heterocycles. The Morgan fingerprint density at radius 2 is 1.65 bits per heavy atom. The second-order valence-corrected chi connectivity index (χ2v) is 7.22. The quantitative estimate of drug-likeness (QED) is 0.827. The summed E-state index contributed by atoms with van der Waals surface area (Å²) in [5.41, 5.74) is 2.78. The molecule has 0 saturated carbocycles. The monoisotopic (exact) mass is 274 g/mol. The van der Waals surface area contributed by atoms with Crippen molar-refractivity contribution in [1.82, 2.24) is 0 Å². The predicted molar refractivity (Wildman–Crippen MR) is 84.2 cm³/mol. The van der Waals surface area contributed by atoms with Crippen LogP contribution in [0.25, 0.3) is 0 Å². The summed E-state index contributed by atoms with van der Waals surface area (Å²) < 4.78 is 5.54. The van der Waals surface area contributed by atoms with E-state index < -0.39 is 6.10 Å². The van der Waals surface area contributed by atoms with Crippen LogP contribution in [0.3, 0.4) is 0 Å². The minimum atomic E-state index is -0.951. The average Bonchev–Trinajstić information content (AvgIpc) is 2.33. The first-order valence-corrected chi connectivity index (χ1v) is 6.89. The Morgan fingerprint density at radius 1 is 1.10 bits per heavy atom. The van der Waals surface area contributed by atoms with Crippen LogP contribution >= 0.6 is 0 Å². The van der Waals surface area contributed by atoms with Crippen molar-refractivity contribution >= 4 is 0 Å². The zero-order chi connectivity index (χ0) is 15.7. The Kier molecular flexibility index (Phi) is 4.56. The Bertz CT molecular complexity index is 522. The van der Waals surface area contributed by atoms with E-state index in [-0.39, 0.29) is 10.8 Å². The number of hydrogen-bond donors (Lipinski definition) is 1. The van der Waals surface area contributed by atoms with Gasteiger partial charge in [0, 0.05) is 11.1 Å². The molecule has 0 aliphatic rings. The van der Waals surface area contributed by atoms with Crippen LogP contribution in [0.15, 0.2) is 12.1 Å². The molecule has 0 radical (unpaired) electrons. The number of aliphatic hydroxyl groups is 1. The van der Waals surface area contributed by atoms with E-state index in [0.29, 0.717) is 11.3 Å². The maximum atomic E-state index is 10.1. The maximum absolute atomic E-state index is 10.1. The van der Waals surface area contributed by atoms with Crippen molar-refractivity contribution in [3.63, 3.8) is 0 Å². The van der Waals surface area contributed by atoms with Crippen LogP contribution in [0, 0.1) is 12.3 Å². The lowest BCUT2D eigenvalue weighted by molar-refractivity contribution is 0.231. The summed E-state index contributed by atoms with van der Waals surface area (Å²) in [6.07, 6.45) is 4.44. The molecule has 110 valence electrons. The molecule has 0 heterocycles. The van der Waals surface area contributed by atoms with Crippen LogP contribution in [-0.2, 0) is 10.8 Å². The van der Waals surface area contributed by atoms with Gasteiger partial charge in [-0.1, -0.05) is 53.5 Å². The van der Waals surface area contributed by atoms with E-state index in [1.54, 1.807) is 7.11 Å². The number of benzene rings is 1. The van der Waals surface area contributed by atoms with Crippen LogP contribution in [-0.4, -0.2) is 12.2 Å². The lowest BCUT2D eigenvalue weighted by Crippen LogP contribution is -2.19. The zero-order valence-corrected chi connectivity index (χ0v) is 13.7. The molecule has 0 fully saturated rings. The Labute approximate surface area is 123 Å². The molecule has 1 rings (SSSR count). The van der Waals surface area contributed by atoms with Crippen molar-refractivity contribution in [2.45, 2.75) is 58.5 Å².